The largest absolute Gasteiger partial charge is 0.364 e. The van der Waals surface area contributed by atoms with Crippen molar-refractivity contribution in [3.05, 3.63) is 40.7 Å². The van der Waals surface area contributed by atoms with Gasteiger partial charge in [-0.2, -0.15) is 4.98 Å². The number of fused-ring (bicyclic) bond motifs is 1. The van der Waals surface area contributed by atoms with Gasteiger partial charge >= 0.3 is 0 Å². The van der Waals surface area contributed by atoms with Gasteiger partial charge in [0.1, 0.15) is 11.3 Å². The van der Waals surface area contributed by atoms with Gasteiger partial charge in [-0.1, -0.05) is 23.7 Å². The fourth-order valence-electron chi connectivity index (χ4n) is 3.67. The molecule has 3 heterocycles. The van der Waals surface area contributed by atoms with Gasteiger partial charge in [-0.25, -0.2) is 4.98 Å². The monoisotopic (exact) mass is 398 g/mol. The minimum absolute atomic E-state index is 0.184. The maximum atomic E-state index is 12.2. The molecule has 0 atom stereocenters. The number of H-pyrrole nitrogens is 1. The molecule has 28 heavy (non-hydrogen) atoms. The third-order valence-corrected chi connectivity index (χ3v) is 5.91. The Morgan fingerprint density at radius 1 is 1.25 bits per heavy atom. The second-order valence-corrected chi connectivity index (χ2v) is 8.12. The summed E-state index contributed by atoms with van der Waals surface area (Å²) >= 11 is 6.28. The van der Waals surface area contributed by atoms with Crippen LogP contribution in [-0.2, 0) is 0 Å². The van der Waals surface area contributed by atoms with E-state index in [4.69, 9.17) is 23.1 Å². The lowest BCUT2D eigenvalue weighted by Crippen LogP contribution is -2.48. The molecule has 1 saturated heterocycles. The van der Waals surface area contributed by atoms with Crippen LogP contribution in [0.25, 0.3) is 22.2 Å². The van der Waals surface area contributed by atoms with Gasteiger partial charge in [-0.05, 0) is 43.9 Å². The number of primary amides is 1. The van der Waals surface area contributed by atoms with E-state index in [1.54, 1.807) is 0 Å². The van der Waals surface area contributed by atoms with Gasteiger partial charge in [0.25, 0.3) is 5.91 Å². The predicted molar refractivity (Wildman–Crippen MR) is 112 cm³/mol. The van der Waals surface area contributed by atoms with Crippen LogP contribution in [0.3, 0.4) is 0 Å². The predicted octanol–water partition coefficient (Wildman–Crippen LogP) is 3.00. The van der Waals surface area contributed by atoms with Gasteiger partial charge in [0, 0.05) is 35.4 Å². The number of rotatable bonds is 3. The lowest BCUT2D eigenvalue weighted by Gasteiger charge is -2.36. The van der Waals surface area contributed by atoms with Crippen LogP contribution in [-0.4, -0.2) is 39.5 Å². The lowest BCUT2D eigenvalue weighted by atomic mass is 9.91. The second kappa shape index (κ2) is 6.76. The van der Waals surface area contributed by atoms with Crippen molar-refractivity contribution in [2.75, 3.05) is 18.0 Å². The van der Waals surface area contributed by atoms with Crippen molar-refractivity contribution in [1.29, 1.82) is 0 Å². The van der Waals surface area contributed by atoms with Crippen LogP contribution in [0.4, 0.5) is 5.95 Å². The Bertz CT molecular complexity index is 1060. The summed E-state index contributed by atoms with van der Waals surface area (Å²) < 4.78 is 0. The number of nitrogens with one attached hydrogen (secondary N) is 1. The van der Waals surface area contributed by atoms with Crippen molar-refractivity contribution in [2.45, 2.75) is 32.2 Å². The molecule has 0 unspecified atom stereocenters. The van der Waals surface area contributed by atoms with Crippen molar-refractivity contribution in [3.63, 3.8) is 0 Å². The first-order valence-corrected chi connectivity index (χ1v) is 9.63. The third-order valence-electron chi connectivity index (χ3n) is 5.50. The highest BCUT2D eigenvalue weighted by Gasteiger charge is 2.28. The highest BCUT2D eigenvalue weighted by molar-refractivity contribution is 6.31. The average molecular weight is 399 g/mol. The SMILES string of the molecule is Cc1c(Cl)cccc1-c1c[nH]c2nc(N3CCC(C)(N)CC3)nc(C(N)=O)c12. The Morgan fingerprint density at radius 3 is 2.64 bits per heavy atom. The summed E-state index contributed by atoms with van der Waals surface area (Å²) in [5, 5.41) is 1.27. The quantitative estimate of drug-likeness (QED) is 0.627. The highest BCUT2D eigenvalue weighted by atomic mass is 35.5. The maximum absolute atomic E-state index is 12.2. The molecule has 146 valence electrons. The number of carbonyl (C=O) groups is 1. The number of nitrogens with two attached hydrogens (primary N) is 2. The van der Waals surface area contributed by atoms with Crippen molar-refractivity contribution in [1.82, 2.24) is 15.0 Å². The van der Waals surface area contributed by atoms with E-state index >= 15 is 0 Å². The molecule has 3 aromatic rings. The molecular weight excluding hydrogens is 376 g/mol. The summed E-state index contributed by atoms with van der Waals surface area (Å²) in [5.74, 6) is -0.0946. The average Bonchev–Trinajstić information content (AvgIpc) is 3.07. The van der Waals surface area contributed by atoms with Gasteiger partial charge < -0.3 is 21.4 Å². The van der Waals surface area contributed by atoms with Crippen LogP contribution in [0.1, 0.15) is 35.8 Å². The second-order valence-electron chi connectivity index (χ2n) is 7.72. The van der Waals surface area contributed by atoms with E-state index in [2.05, 4.69) is 15.0 Å². The first-order valence-electron chi connectivity index (χ1n) is 9.25. The minimum Gasteiger partial charge on any atom is -0.364 e. The number of aromatic amines is 1. The molecule has 8 heteroatoms. The van der Waals surface area contributed by atoms with Gasteiger partial charge in [0.05, 0.1) is 5.39 Å². The van der Waals surface area contributed by atoms with Crippen LogP contribution < -0.4 is 16.4 Å². The van der Waals surface area contributed by atoms with Gasteiger partial charge in [0.15, 0.2) is 0 Å². The van der Waals surface area contributed by atoms with E-state index in [9.17, 15) is 4.79 Å². The molecule has 0 saturated carbocycles. The summed E-state index contributed by atoms with van der Waals surface area (Å²) in [6, 6.07) is 5.66. The first-order chi connectivity index (χ1) is 13.3. The Labute approximate surface area is 168 Å². The Hall–Kier alpha value is -2.64. The lowest BCUT2D eigenvalue weighted by molar-refractivity contribution is 0.0997. The molecule has 1 aliphatic rings. The summed E-state index contributed by atoms with van der Waals surface area (Å²) in [5.41, 5.74) is 15.1. The van der Waals surface area contributed by atoms with E-state index < -0.39 is 5.91 Å². The maximum Gasteiger partial charge on any atom is 0.268 e. The fourth-order valence-corrected chi connectivity index (χ4v) is 3.84. The number of anilines is 1. The van der Waals surface area contributed by atoms with E-state index in [1.807, 2.05) is 43.1 Å². The molecule has 0 aliphatic carbocycles. The van der Waals surface area contributed by atoms with Crippen LogP contribution in [0, 0.1) is 6.92 Å². The van der Waals surface area contributed by atoms with Crippen molar-refractivity contribution < 1.29 is 4.79 Å². The van der Waals surface area contributed by atoms with E-state index in [1.165, 1.54) is 0 Å². The smallest absolute Gasteiger partial charge is 0.268 e. The molecule has 1 aliphatic heterocycles. The molecule has 0 radical (unpaired) electrons. The Morgan fingerprint density at radius 2 is 1.96 bits per heavy atom. The zero-order valence-corrected chi connectivity index (χ0v) is 16.7. The molecule has 0 bridgehead atoms. The summed E-state index contributed by atoms with van der Waals surface area (Å²) in [6.45, 7) is 5.45. The number of nitrogens with zero attached hydrogens (tertiary/aromatic N) is 3. The molecule has 1 fully saturated rings. The number of amides is 1. The van der Waals surface area contributed by atoms with Crippen molar-refractivity contribution in [2.24, 2.45) is 11.5 Å². The molecule has 2 aromatic heterocycles. The fraction of sp³-hybridized carbons (Fsp3) is 0.350. The standard InChI is InChI=1S/C20H23ClN6O/c1-11-12(4-3-5-14(11)21)13-10-24-18-15(13)16(17(22)28)25-19(26-18)27-8-6-20(2,23)7-9-27/h3-5,10H,6-9,23H2,1-2H3,(H2,22,28)(H,24,25,26). The van der Waals surface area contributed by atoms with Crippen LogP contribution in [0.2, 0.25) is 5.02 Å². The third kappa shape index (κ3) is 3.21. The highest BCUT2D eigenvalue weighted by Crippen LogP contribution is 2.35. The van der Waals surface area contributed by atoms with Crippen molar-refractivity contribution in [3.8, 4) is 11.1 Å². The van der Waals surface area contributed by atoms with E-state index in [0.29, 0.717) is 22.0 Å². The summed E-state index contributed by atoms with van der Waals surface area (Å²) in [4.78, 5) is 26.7. The van der Waals surface area contributed by atoms with Crippen LogP contribution in [0.15, 0.2) is 24.4 Å². The number of halogens is 1. The van der Waals surface area contributed by atoms with Crippen molar-refractivity contribution >= 4 is 34.5 Å². The summed E-state index contributed by atoms with van der Waals surface area (Å²) in [7, 11) is 0. The Balaban J connectivity index is 1.84. The van der Waals surface area contributed by atoms with Gasteiger partial charge in [-0.15, -0.1) is 0 Å². The van der Waals surface area contributed by atoms with E-state index in [-0.39, 0.29) is 11.2 Å². The molecule has 0 spiro atoms. The number of piperidine rings is 1. The topological polar surface area (TPSA) is 114 Å². The molecule has 7 nitrogen and oxygen atoms in total. The molecular formula is C20H23ClN6O. The zero-order valence-electron chi connectivity index (χ0n) is 15.9. The zero-order chi connectivity index (χ0) is 20.1. The normalized spacial score (nSPS) is 16.5. The number of hydrogen-bond acceptors (Lipinski definition) is 5. The van der Waals surface area contributed by atoms with Crippen LogP contribution in [0.5, 0.6) is 0 Å². The molecule has 5 N–H and O–H groups in total. The van der Waals surface area contributed by atoms with Crippen LogP contribution >= 0.6 is 11.6 Å². The number of aromatic nitrogens is 3. The number of carbonyl (C=O) groups excluding carboxylic acids is 1. The molecule has 4 rings (SSSR count). The number of benzene rings is 1. The molecule has 1 aromatic carbocycles. The van der Waals surface area contributed by atoms with Gasteiger partial charge in [-0.3, -0.25) is 4.79 Å². The van der Waals surface area contributed by atoms with E-state index in [0.717, 1.165) is 42.6 Å². The molecule has 1 amide bonds. The summed E-state index contributed by atoms with van der Waals surface area (Å²) in [6.07, 6.45) is 3.48. The van der Waals surface area contributed by atoms with Gasteiger partial charge in [0.2, 0.25) is 5.95 Å². The number of hydrogen-bond donors (Lipinski definition) is 3. The first kappa shape index (κ1) is 18.7. The Kier molecular flexibility index (Phi) is 4.51. The minimum atomic E-state index is -0.588.